The van der Waals surface area contributed by atoms with Gasteiger partial charge in [0.25, 0.3) is 0 Å². The minimum Gasteiger partial charge on any atom is -0.340 e. The van der Waals surface area contributed by atoms with Gasteiger partial charge in [0.2, 0.25) is 5.28 Å². The number of hydrogen-bond donors (Lipinski definition) is 1. The number of benzene rings is 2. The number of hydrogen-bond acceptors (Lipinski definition) is 4. The third-order valence-corrected chi connectivity index (χ3v) is 5.16. The fourth-order valence-electron chi connectivity index (χ4n) is 2.80. The quantitative estimate of drug-likeness (QED) is 0.430. The second-order valence-electron chi connectivity index (χ2n) is 5.71. The lowest BCUT2D eigenvalue weighted by Crippen LogP contribution is -1.96. The number of aryl methyl sites for hydroxylation is 1. The van der Waals surface area contributed by atoms with E-state index in [-0.39, 0.29) is 5.28 Å². The van der Waals surface area contributed by atoms with E-state index in [9.17, 15) is 0 Å². The largest absolute Gasteiger partial charge is 0.340 e. The minimum atomic E-state index is 0.251. The van der Waals surface area contributed by atoms with Crippen molar-refractivity contribution in [3.63, 3.8) is 0 Å². The lowest BCUT2D eigenvalue weighted by molar-refractivity contribution is 1.14. The van der Waals surface area contributed by atoms with E-state index in [0.29, 0.717) is 0 Å². The molecule has 4 rings (SSSR count). The van der Waals surface area contributed by atoms with Crippen LogP contribution in [0.2, 0.25) is 5.28 Å². The molecule has 0 unspecified atom stereocenters. The molecule has 0 aliphatic rings. The van der Waals surface area contributed by atoms with Crippen molar-refractivity contribution in [2.75, 3.05) is 5.32 Å². The number of nitrogens with one attached hydrogen (secondary N) is 1. The van der Waals surface area contributed by atoms with Crippen LogP contribution in [0.25, 0.3) is 21.3 Å². The molecular weight excluding hydrogens is 350 g/mol. The third kappa shape index (κ3) is 3.23. The summed E-state index contributed by atoms with van der Waals surface area (Å²) in [6.45, 7) is 2.16. The van der Waals surface area contributed by atoms with Gasteiger partial charge in [-0.15, -0.1) is 11.3 Å². The normalized spacial score (nSPS) is 11.0. The van der Waals surface area contributed by atoms with Crippen molar-refractivity contribution < 1.29 is 0 Å². The molecule has 0 spiro atoms. The topological polar surface area (TPSA) is 37.8 Å². The zero-order valence-electron chi connectivity index (χ0n) is 13.7. The highest BCUT2D eigenvalue weighted by atomic mass is 35.5. The first-order valence-electron chi connectivity index (χ1n) is 8.10. The molecule has 2 heterocycles. The highest BCUT2D eigenvalue weighted by molar-refractivity contribution is 7.17. The fraction of sp³-hybridized carbons (Fsp3) is 0.100. The van der Waals surface area contributed by atoms with Crippen LogP contribution in [-0.4, -0.2) is 9.97 Å². The molecule has 0 fully saturated rings. The maximum absolute atomic E-state index is 6.13. The Hall–Kier alpha value is -2.43. The standard InChI is InChI=1S/C20H16ClN3S/c1-2-13-8-10-14(11-9-13)16-12-25-19-17(16)18(23-20(21)24-19)22-15-6-4-3-5-7-15/h3-12H,2H2,1H3,(H,22,23,24). The molecule has 0 saturated heterocycles. The molecule has 0 aliphatic heterocycles. The minimum absolute atomic E-state index is 0.251. The Morgan fingerprint density at radius 2 is 1.76 bits per heavy atom. The Balaban J connectivity index is 1.85. The molecule has 2 aromatic carbocycles. The second-order valence-corrected chi connectivity index (χ2v) is 6.91. The van der Waals surface area contributed by atoms with Crippen molar-refractivity contribution in [2.24, 2.45) is 0 Å². The number of rotatable bonds is 4. The van der Waals surface area contributed by atoms with E-state index in [1.165, 1.54) is 5.56 Å². The fourth-order valence-corrected chi connectivity index (χ4v) is 3.96. The van der Waals surface area contributed by atoms with Crippen LogP contribution in [0.4, 0.5) is 11.5 Å². The lowest BCUT2D eigenvalue weighted by Gasteiger charge is -2.09. The van der Waals surface area contributed by atoms with Crippen molar-refractivity contribution in [2.45, 2.75) is 13.3 Å². The first kappa shape index (κ1) is 16.1. The van der Waals surface area contributed by atoms with Crippen LogP contribution < -0.4 is 5.32 Å². The number of halogens is 1. The van der Waals surface area contributed by atoms with Crippen LogP contribution in [0.3, 0.4) is 0 Å². The van der Waals surface area contributed by atoms with Gasteiger partial charge in [0.1, 0.15) is 10.6 Å². The number of anilines is 2. The summed E-state index contributed by atoms with van der Waals surface area (Å²) in [4.78, 5) is 9.71. The van der Waals surface area contributed by atoms with Crippen LogP contribution in [0.1, 0.15) is 12.5 Å². The Morgan fingerprint density at radius 3 is 2.48 bits per heavy atom. The Bertz CT molecular complexity index is 1010. The van der Waals surface area contributed by atoms with E-state index in [2.05, 4.69) is 51.9 Å². The highest BCUT2D eigenvalue weighted by Crippen LogP contribution is 2.38. The van der Waals surface area contributed by atoms with E-state index in [0.717, 1.165) is 39.3 Å². The SMILES string of the molecule is CCc1ccc(-c2csc3nc(Cl)nc(Nc4ccccc4)c23)cc1. The highest BCUT2D eigenvalue weighted by Gasteiger charge is 2.15. The van der Waals surface area contributed by atoms with Crippen molar-refractivity contribution in [1.82, 2.24) is 9.97 Å². The summed E-state index contributed by atoms with van der Waals surface area (Å²) in [5.41, 5.74) is 4.57. The summed E-state index contributed by atoms with van der Waals surface area (Å²) in [7, 11) is 0. The molecule has 25 heavy (non-hydrogen) atoms. The van der Waals surface area contributed by atoms with Gasteiger partial charge in [0, 0.05) is 16.6 Å². The summed E-state index contributed by atoms with van der Waals surface area (Å²) in [6, 6.07) is 18.6. The predicted molar refractivity (Wildman–Crippen MR) is 107 cm³/mol. The van der Waals surface area contributed by atoms with Crippen molar-refractivity contribution in [3.8, 4) is 11.1 Å². The van der Waals surface area contributed by atoms with Gasteiger partial charge >= 0.3 is 0 Å². The van der Waals surface area contributed by atoms with Gasteiger partial charge in [-0.2, -0.15) is 4.98 Å². The van der Waals surface area contributed by atoms with Crippen LogP contribution in [0.5, 0.6) is 0 Å². The van der Waals surface area contributed by atoms with Gasteiger partial charge in [-0.3, -0.25) is 0 Å². The summed E-state index contributed by atoms with van der Waals surface area (Å²) >= 11 is 7.71. The molecule has 0 aliphatic carbocycles. The lowest BCUT2D eigenvalue weighted by atomic mass is 10.0. The molecule has 4 aromatic rings. The number of aromatic nitrogens is 2. The molecule has 124 valence electrons. The molecule has 2 aromatic heterocycles. The van der Waals surface area contributed by atoms with Crippen molar-refractivity contribution in [1.29, 1.82) is 0 Å². The molecular formula is C20H16ClN3S. The number of thiophene rings is 1. The maximum Gasteiger partial charge on any atom is 0.225 e. The molecule has 5 heteroatoms. The van der Waals surface area contributed by atoms with Gasteiger partial charge in [-0.1, -0.05) is 49.4 Å². The first-order valence-corrected chi connectivity index (χ1v) is 9.36. The number of fused-ring (bicyclic) bond motifs is 1. The molecule has 0 amide bonds. The zero-order valence-corrected chi connectivity index (χ0v) is 15.2. The van der Waals surface area contributed by atoms with Crippen molar-refractivity contribution in [3.05, 3.63) is 70.8 Å². The van der Waals surface area contributed by atoms with E-state index in [4.69, 9.17) is 11.6 Å². The van der Waals surface area contributed by atoms with Crippen LogP contribution in [-0.2, 0) is 6.42 Å². The van der Waals surface area contributed by atoms with Gasteiger partial charge in [-0.25, -0.2) is 4.98 Å². The monoisotopic (exact) mass is 365 g/mol. The van der Waals surface area contributed by atoms with Gasteiger partial charge in [0.15, 0.2) is 0 Å². The average Bonchev–Trinajstić information content (AvgIpc) is 3.06. The Labute approximate surface area is 155 Å². The van der Waals surface area contributed by atoms with Crippen LogP contribution in [0.15, 0.2) is 60.0 Å². The predicted octanol–water partition coefficient (Wildman–Crippen LogP) is 6.32. The third-order valence-electron chi connectivity index (χ3n) is 4.12. The van der Waals surface area contributed by atoms with E-state index in [1.54, 1.807) is 11.3 Å². The number of para-hydroxylation sites is 1. The van der Waals surface area contributed by atoms with Gasteiger partial charge in [-0.05, 0) is 41.3 Å². The summed E-state index contributed by atoms with van der Waals surface area (Å²) in [5, 5.41) is 6.75. The first-order chi connectivity index (χ1) is 12.2. The van der Waals surface area contributed by atoms with E-state index >= 15 is 0 Å². The molecule has 0 bridgehead atoms. The number of nitrogens with zero attached hydrogens (tertiary/aromatic N) is 2. The Kier molecular flexibility index (Phi) is 4.38. The summed E-state index contributed by atoms with van der Waals surface area (Å²) in [5.74, 6) is 0.733. The van der Waals surface area contributed by atoms with Gasteiger partial charge in [0.05, 0.1) is 5.39 Å². The maximum atomic E-state index is 6.13. The molecule has 0 atom stereocenters. The van der Waals surface area contributed by atoms with E-state index in [1.807, 2.05) is 30.3 Å². The van der Waals surface area contributed by atoms with Crippen LogP contribution >= 0.6 is 22.9 Å². The van der Waals surface area contributed by atoms with Crippen molar-refractivity contribution >= 4 is 44.7 Å². The summed E-state index contributed by atoms with van der Waals surface area (Å²) in [6.07, 6.45) is 1.03. The molecule has 0 radical (unpaired) electrons. The van der Waals surface area contributed by atoms with E-state index < -0.39 is 0 Å². The molecule has 1 N–H and O–H groups in total. The molecule has 0 saturated carbocycles. The Morgan fingerprint density at radius 1 is 1.00 bits per heavy atom. The zero-order chi connectivity index (χ0) is 17.2. The van der Waals surface area contributed by atoms with Gasteiger partial charge < -0.3 is 5.32 Å². The van der Waals surface area contributed by atoms with Crippen LogP contribution in [0, 0.1) is 0 Å². The average molecular weight is 366 g/mol. The second kappa shape index (κ2) is 6.82. The summed E-state index contributed by atoms with van der Waals surface area (Å²) < 4.78 is 0. The molecule has 3 nitrogen and oxygen atoms in total. The smallest absolute Gasteiger partial charge is 0.225 e.